The molecular weight excluding hydrogens is 569 g/mol. The Morgan fingerprint density at radius 1 is 1.12 bits per heavy atom. The highest BCUT2D eigenvalue weighted by atomic mass is 32.2. The molecule has 42 heavy (non-hydrogen) atoms. The SMILES string of the molecule is COc1ccc(-c2nn(-c3ccccc3)cc2/C=N/N=C2\NC(=O)C(CC(=O)Nc3cccc(C(F)(F)F)c3)S2)cc1. The number of aromatic nitrogens is 2. The molecule has 0 radical (unpaired) electrons. The molecule has 2 heterocycles. The number of amides is 2. The topological polar surface area (TPSA) is 110 Å². The van der Waals surface area contributed by atoms with Crippen LogP contribution in [0.25, 0.3) is 16.9 Å². The lowest BCUT2D eigenvalue weighted by molar-refractivity contribution is -0.137. The Hall–Kier alpha value is -4.91. The van der Waals surface area contributed by atoms with Crippen molar-refractivity contribution in [1.82, 2.24) is 15.1 Å². The van der Waals surface area contributed by atoms with Gasteiger partial charge >= 0.3 is 6.18 Å². The van der Waals surface area contributed by atoms with E-state index in [2.05, 4.69) is 20.8 Å². The van der Waals surface area contributed by atoms with E-state index in [1.54, 1.807) is 18.0 Å². The van der Waals surface area contributed by atoms with Crippen LogP contribution in [-0.2, 0) is 15.8 Å². The Bertz CT molecular complexity index is 1650. The number of ether oxygens (including phenoxy) is 1. The second-order valence-corrected chi connectivity index (χ2v) is 10.2. The molecule has 0 aliphatic carbocycles. The number of nitrogens with zero attached hydrogens (tertiary/aromatic N) is 4. The van der Waals surface area contributed by atoms with Crippen LogP contribution < -0.4 is 15.4 Å². The van der Waals surface area contributed by atoms with E-state index in [0.717, 1.165) is 35.1 Å². The first-order valence-electron chi connectivity index (χ1n) is 12.5. The smallest absolute Gasteiger partial charge is 0.416 e. The Kier molecular flexibility index (Phi) is 8.38. The van der Waals surface area contributed by atoms with E-state index in [9.17, 15) is 22.8 Å². The van der Waals surface area contributed by atoms with Crippen LogP contribution in [0.5, 0.6) is 5.75 Å². The third-order valence-electron chi connectivity index (χ3n) is 6.09. The fourth-order valence-electron chi connectivity index (χ4n) is 4.05. The van der Waals surface area contributed by atoms with Gasteiger partial charge in [0.2, 0.25) is 11.8 Å². The number of carbonyl (C=O) groups is 2. The van der Waals surface area contributed by atoms with Crippen molar-refractivity contribution in [3.05, 3.63) is 96.2 Å². The summed E-state index contributed by atoms with van der Waals surface area (Å²) in [5, 5.41) is 17.3. The van der Waals surface area contributed by atoms with Crippen LogP contribution in [0.3, 0.4) is 0 Å². The van der Waals surface area contributed by atoms with Gasteiger partial charge < -0.3 is 15.4 Å². The van der Waals surface area contributed by atoms with E-state index in [1.165, 1.54) is 18.3 Å². The van der Waals surface area contributed by atoms with Crippen LogP contribution in [0.2, 0.25) is 0 Å². The number of halogens is 3. The third kappa shape index (κ3) is 6.86. The zero-order chi connectivity index (χ0) is 29.7. The number of thioether (sulfide) groups is 1. The van der Waals surface area contributed by atoms with Crippen molar-refractivity contribution in [3.63, 3.8) is 0 Å². The maximum absolute atomic E-state index is 13.0. The minimum absolute atomic E-state index is 0.0135. The predicted octanol–water partition coefficient (Wildman–Crippen LogP) is 5.52. The van der Waals surface area contributed by atoms with E-state index in [-0.39, 0.29) is 17.3 Å². The number of methoxy groups -OCH3 is 1. The number of amidine groups is 1. The molecule has 1 aliphatic heterocycles. The summed E-state index contributed by atoms with van der Waals surface area (Å²) in [6.07, 6.45) is -1.48. The van der Waals surface area contributed by atoms with Gasteiger partial charge in [0, 0.05) is 29.4 Å². The number of para-hydroxylation sites is 1. The van der Waals surface area contributed by atoms with Gasteiger partial charge in [0.15, 0.2) is 5.17 Å². The van der Waals surface area contributed by atoms with Crippen LogP contribution in [0.15, 0.2) is 95.3 Å². The molecule has 0 bridgehead atoms. The lowest BCUT2D eigenvalue weighted by atomic mass is 10.1. The Balaban J connectivity index is 1.28. The van der Waals surface area contributed by atoms with Gasteiger partial charge in [-0.25, -0.2) is 4.68 Å². The molecule has 1 aromatic heterocycles. The van der Waals surface area contributed by atoms with Crippen molar-refractivity contribution in [3.8, 4) is 22.7 Å². The highest BCUT2D eigenvalue weighted by Gasteiger charge is 2.33. The second-order valence-electron chi connectivity index (χ2n) is 9.02. The van der Waals surface area contributed by atoms with E-state index in [4.69, 9.17) is 9.84 Å². The number of anilines is 1. The van der Waals surface area contributed by atoms with Crippen molar-refractivity contribution in [1.29, 1.82) is 0 Å². The zero-order valence-corrected chi connectivity index (χ0v) is 22.8. The van der Waals surface area contributed by atoms with E-state index < -0.39 is 28.8 Å². The van der Waals surface area contributed by atoms with Gasteiger partial charge in [0.05, 0.1) is 24.6 Å². The van der Waals surface area contributed by atoms with Crippen molar-refractivity contribution < 1.29 is 27.5 Å². The van der Waals surface area contributed by atoms with Gasteiger partial charge in [-0.05, 0) is 54.6 Å². The summed E-state index contributed by atoms with van der Waals surface area (Å²) in [6.45, 7) is 0. The summed E-state index contributed by atoms with van der Waals surface area (Å²) in [6, 6.07) is 21.2. The monoisotopic (exact) mass is 592 g/mol. The summed E-state index contributed by atoms with van der Waals surface area (Å²) in [5.74, 6) is -0.358. The van der Waals surface area contributed by atoms with E-state index in [1.807, 2.05) is 54.6 Å². The number of nitrogens with one attached hydrogen (secondary N) is 2. The minimum atomic E-state index is -4.54. The molecule has 0 saturated carbocycles. The molecule has 2 amide bonds. The highest BCUT2D eigenvalue weighted by Crippen LogP contribution is 2.31. The molecule has 1 unspecified atom stereocenters. The van der Waals surface area contributed by atoms with Crippen LogP contribution in [0.1, 0.15) is 17.5 Å². The summed E-state index contributed by atoms with van der Waals surface area (Å²) >= 11 is 1.01. The van der Waals surface area contributed by atoms with Gasteiger partial charge in [-0.1, -0.05) is 36.0 Å². The van der Waals surface area contributed by atoms with E-state index >= 15 is 0 Å². The summed E-state index contributed by atoms with van der Waals surface area (Å²) < 4.78 is 45.8. The van der Waals surface area contributed by atoms with Gasteiger partial charge in [-0.2, -0.15) is 23.4 Å². The standard InChI is InChI=1S/C29H23F3N6O3S/c1-41-23-12-10-18(11-13-23)26-19(17-38(37-26)22-8-3-2-4-9-22)16-33-36-28-35-27(40)24(42-28)15-25(39)34-21-7-5-6-20(14-21)29(30,31)32/h2-14,16-17,24H,15H2,1H3,(H,34,39)(H,35,36,40)/b33-16+. The number of hydrogen-bond acceptors (Lipinski definition) is 7. The highest BCUT2D eigenvalue weighted by molar-refractivity contribution is 8.15. The zero-order valence-electron chi connectivity index (χ0n) is 22.0. The molecule has 3 aromatic carbocycles. The minimum Gasteiger partial charge on any atom is -0.497 e. The summed E-state index contributed by atoms with van der Waals surface area (Å²) in [4.78, 5) is 24.9. The van der Waals surface area contributed by atoms with Crippen molar-refractivity contribution in [2.75, 3.05) is 12.4 Å². The number of hydrogen-bond donors (Lipinski definition) is 2. The second kappa shape index (κ2) is 12.3. The Labute approximate surface area is 242 Å². The first-order valence-corrected chi connectivity index (χ1v) is 13.4. The quantitative estimate of drug-likeness (QED) is 0.207. The lowest BCUT2D eigenvalue weighted by Crippen LogP contribution is -2.28. The fourth-order valence-corrected chi connectivity index (χ4v) is 4.98. The van der Waals surface area contributed by atoms with Gasteiger partial charge in [-0.3, -0.25) is 9.59 Å². The molecule has 5 rings (SSSR count). The molecule has 4 aromatic rings. The molecule has 1 atom stereocenters. The van der Waals surface area contributed by atoms with Gasteiger partial charge in [0.25, 0.3) is 0 Å². The summed E-state index contributed by atoms with van der Waals surface area (Å²) in [5.41, 5.74) is 2.10. The molecule has 1 aliphatic rings. The maximum Gasteiger partial charge on any atom is 0.416 e. The molecule has 13 heteroatoms. The first-order chi connectivity index (χ1) is 20.2. The molecule has 2 N–H and O–H groups in total. The van der Waals surface area contributed by atoms with Crippen molar-refractivity contribution in [2.24, 2.45) is 10.2 Å². The normalized spacial score (nSPS) is 16.1. The summed E-state index contributed by atoms with van der Waals surface area (Å²) in [7, 11) is 1.59. The lowest BCUT2D eigenvalue weighted by Gasteiger charge is -2.10. The number of benzene rings is 3. The first kappa shape index (κ1) is 28.6. The van der Waals surface area contributed by atoms with Crippen LogP contribution in [0.4, 0.5) is 18.9 Å². The third-order valence-corrected chi connectivity index (χ3v) is 7.17. The van der Waals surface area contributed by atoms with Crippen molar-refractivity contribution in [2.45, 2.75) is 17.8 Å². The molecular formula is C29H23F3N6O3S. The molecule has 0 spiro atoms. The number of alkyl halides is 3. The Morgan fingerprint density at radius 3 is 2.60 bits per heavy atom. The van der Waals surface area contributed by atoms with Crippen LogP contribution >= 0.6 is 11.8 Å². The average molecular weight is 593 g/mol. The Morgan fingerprint density at radius 2 is 1.88 bits per heavy atom. The molecule has 214 valence electrons. The number of carbonyl (C=O) groups excluding carboxylic acids is 2. The number of rotatable bonds is 8. The maximum atomic E-state index is 13.0. The molecule has 9 nitrogen and oxygen atoms in total. The molecule has 1 fully saturated rings. The van der Waals surface area contributed by atoms with Gasteiger partial charge in [-0.15, -0.1) is 5.10 Å². The van der Waals surface area contributed by atoms with Gasteiger partial charge in [0.1, 0.15) is 16.7 Å². The van der Waals surface area contributed by atoms with Crippen LogP contribution in [0, 0.1) is 0 Å². The largest absolute Gasteiger partial charge is 0.497 e. The average Bonchev–Trinajstić information content (AvgIpc) is 3.56. The molecule has 1 saturated heterocycles. The van der Waals surface area contributed by atoms with Crippen LogP contribution in [-0.4, -0.2) is 45.3 Å². The van der Waals surface area contributed by atoms with Crippen molar-refractivity contribution >= 4 is 40.6 Å². The predicted molar refractivity (Wildman–Crippen MR) is 155 cm³/mol. The van der Waals surface area contributed by atoms with E-state index in [0.29, 0.717) is 17.0 Å². The fraction of sp³-hybridized carbons (Fsp3) is 0.138.